The topological polar surface area (TPSA) is 53.9 Å². The van der Waals surface area contributed by atoms with E-state index in [2.05, 4.69) is 32.3 Å². The Kier molecular flexibility index (Phi) is 4.06. The Balaban J connectivity index is 1.62. The highest BCUT2D eigenvalue weighted by Crippen LogP contribution is 2.12. The van der Waals surface area contributed by atoms with Gasteiger partial charge in [0.05, 0.1) is 5.52 Å². The van der Waals surface area contributed by atoms with Gasteiger partial charge in [-0.2, -0.15) is 0 Å². The second kappa shape index (κ2) is 6.13. The lowest BCUT2D eigenvalue weighted by atomic mass is 10.1. The number of hydrogen-bond acceptors (Lipinski definition) is 5. The summed E-state index contributed by atoms with van der Waals surface area (Å²) in [7, 11) is 0. The molecule has 1 atom stereocenters. The van der Waals surface area contributed by atoms with Gasteiger partial charge in [0.25, 0.3) is 0 Å². The second-order valence-corrected chi connectivity index (χ2v) is 5.53. The molecule has 1 aliphatic rings. The first-order valence-electron chi connectivity index (χ1n) is 7.39. The number of anilines is 1. The third-order valence-corrected chi connectivity index (χ3v) is 3.72. The number of fused-ring (bicyclic) bond motifs is 1. The van der Waals surface area contributed by atoms with Gasteiger partial charge in [-0.1, -0.05) is 18.6 Å². The van der Waals surface area contributed by atoms with E-state index < -0.39 is 0 Å². The van der Waals surface area contributed by atoms with Crippen molar-refractivity contribution in [3.8, 4) is 0 Å². The number of rotatable bonds is 4. The zero-order chi connectivity index (χ0) is 13.8. The van der Waals surface area contributed by atoms with Crippen molar-refractivity contribution in [3.05, 3.63) is 24.3 Å². The van der Waals surface area contributed by atoms with Crippen molar-refractivity contribution in [3.63, 3.8) is 0 Å². The largest absolute Gasteiger partial charge is 0.349 e. The van der Waals surface area contributed by atoms with E-state index in [0.717, 1.165) is 17.6 Å². The molecule has 1 aromatic heterocycles. The summed E-state index contributed by atoms with van der Waals surface area (Å²) in [4.78, 5) is 7.01. The predicted molar refractivity (Wildman–Crippen MR) is 80.7 cm³/mol. The summed E-state index contributed by atoms with van der Waals surface area (Å²) in [5.74, 6) is 0.619. The van der Waals surface area contributed by atoms with Crippen LogP contribution in [0.5, 0.6) is 0 Å². The maximum Gasteiger partial charge on any atom is 0.243 e. The molecule has 0 amide bonds. The van der Waals surface area contributed by atoms with E-state index in [1.165, 1.54) is 32.4 Å². The van der Waals surface area contributed by atoms with Crippen molar-refractivity contribution in [2.45, 2.75) is 32.2 Å². The van der Waals surface area contributed by atoms with Crippen LogP contribution in [0.1, 0.15) is 26.2 Å². The Labute approximate surface area is 119 Å². The third-order valence-electron chi connectivity index (χ3n) is 3.72. The number of nitrogens with one attached hydrogen (secondary N) is 1. The molecule has 1 N–H and O–H groups in total. The van der Waals surface area contributed by atoms with Gasteiger partial charge in [0.2, 0.25) is 5.95 Å². The van der Waals surface area contributed by atoms with Crippen LogP contribution in [0, 0.1) is 0 Å². The Hall–Kier alpha value is -1.75. The minimum atomic E-state index is 0.330. The number of likely N-dealkylation sites (tertiary alicyclic amines) is 1. The van der Waals surface area contributed by atoms with E-state index in [4.69, 9.17) is 0 Å². The molecule has 106 valence electrons. The molecule has 1 saturated heterocycles. The highest BCUT2D eigenvalue weighted by atomic mass is 15.3. The number of aromatic nitrogens is 3. The number of para-hydroxylation sites is 1. The third kappa shape index (κ3) is 3.22. The van der Waals surface area contributed by atoms with Crippen LogP contribution in [0.2, 0.25) is 0 Å². The van der Waals surface area contributed by atoms with Gasteiger partial charge in [-0.15, -0.1) is 10.2 Å². The predicted octanol–water partition coefficient (Wildman–Crippen LogP) is 2.31. The molecule has 2 heterocycles. The molecule has 0 radical (unpaired) electrons. The van der Waals surface area contributed by atoms with E-state index >= 15 is 0 Å². The average Bonchev–Trinajstić information content (AvgIpc) is 2.48. The molecule has 1 aromatic carbocycles. The molecule has 1 unspecified atom stereocenters. The van der Waals surface area contributed by atoms with Crippen LogP contribution in [0.4, 0.5) is 5.95 Å². The van der Waals surface area contributed by atoms with Gasteiger partial charge in [0, 0.05) is 12.6 Å². The van der Waals surface area contributed by atoms with Gasteiger partial charge in [0.15, 0.2) is 0 Å². The number of benzene rings is 1. The zero-order valence-corrected chi connectivity index (χ0v) is 11.9. The zero-order valence-electron chi connectivity index (χ0n) is 11.9. The molecular formula is C15H21N5. The minimum absolute atomic E-state index is 0.330. The lowest BCUT2D eigenvalue weighted by Gasteiger charge is -2.29. The van der Waals surface area contributed by atoms with Crippen molar-refractivity contribution < 1.29 is 0 Å². The summed E-state index contributed by atoms with van der Waals surface area (Å²) in [6, 6.07) is 8.14. The van der Waals surface area contributed by atoms with E-state index in [-0.39, 0.29) is 0 Å². The SMILES string of the molecule is CC(CN1CCCCC1)Nc1nnc2ccccc2n1. The van der Waals surface area contributed by atoms with Crippen molar-refractivity contribution in [1.82, 2.24) is 20.1 Å². The van der Waals surface area contributed by atoms with Crippen LogP contribution in [0.25, 0.3) is 11.0 Å². The van der Waals surface area contributed by atoms with Crippen LogP contribution in [0.15, 0.2) is 24.3 Å². The van der Waals surface area contributed by atoms with Gasteiger partial charge >= 0.3 is 0 Å². The Morgan fingerprint density at radius 3 is 2.65 bits per heavy atom. The summed E-state index contributed by atoms with van der Waals surface area (Å²) in [5, 5.41) is 11.7. The number of hydrogen-bond donors (Lipinski definition) is 1. The summed E-state index contributed by atoms with van der Waals surface area (Å²) < 4.78 is 0. The molecular weight excluding hydrogens is 250 g/mol. The summed E-state index contributed by atoms with van der Waals surface area (Å²) >= 11 is 0. The van der Waals surface area contributed by atoms with Gasteiger partial charge in [-0.3, -0.25) is 0 Å². The quantitative estimate of drug-likeness (QED) is 0.924. The molecule has 1 fully saturated rings. The minimum Gasteiger partial charge on any atom is -0.349 e. The number of nitrogens with zero attached hydrogens (tertiary/aromatic N) is 4. The van der Waals surface area contributed by atoms with Crippen molar-refractivity contribution in [1.29, 1.82) is 0 Å². The molecule has 0 saturated carbocycles. The Bertz CT molecular complexity index is 565. The maximum absolute atomic E-state index is 4.51. The highest BCUT2D eigenvalue weighted by molar-refractivity contribution is 5.74. The fraction of sp³-hybridized carbons (Fsp3) is 0.533. The molecule has 1 aliphatic heterocycles. The summed E-state index contributed by atoms with van der Waals surface area (Å²) in [6.45, 7) is 5.63. The van der Waals surface area contributed by atoms with E-state index in [9.17, 15) is 0 Å². The van der Waals surface area contributed by atoms with Crippen LogP contribution in [0.3, 0.4) is 0 Å². The molecule has 0 spiro atoms. The fourth-order valence-corrected chi connectivity index (χ4v) is 2.74. The van der Waals surface area contributed by atoms with Gasteiger partial charge in [0.1, 0.15) is 5.52 Å². The molecule has 0 aliphatic carbocycles. The normalized spacial score (nSPS) is 18.1. The lowest BCUT2D eigenvalue weighted by Crippen LogP contribution is -2.38. The van der Waals surface area contributed by atoms with Gasteiger partial charge in [-0.25, -0.2) is 4.98 Å². The van der Waals surface area contributed by atoms with Crippen LogP contribution < -0.4 is 5.32 Å². The Morgan fingerprint density at radius 2 is 1.85 bits per heavy atom. The van der Waals surface area contributed by atoms with Crippen LogP contribution in [-0.4, -0.2) is 45.8 Å². The molecule has 20 heavy (non-hydrogen) atoms. The number of piperidine rings is 1. The second-order valence-electron chi connectivity index (χ2n) is 5.53. The molecule has 5 nitrogen and oxygen atoms in total. The van der Waals surface area contributed by atoms with Crippen molar-refractivity contribution in [2.24, 2.45) is 0 Å². The maximum atomic E-state index is 4.51. The Morgan fingerprint density at radius 1 is 1.10 bits per heavy atom. The molecule has 2 aromatic rings. The van der Waals surface area contributed by atoms with Crippen LogP contribution >= 0.6 is 0 Å². The highest BCUT2D eigenvalue weighted by Gasteiger charge is 2.14. The van der Waals surface area contributed by atoms with E-state index in [1.807, 2.05) is 24.3 Å². The van der Waals surface area contributed by atoms with E-state index in [1.54, 1.807) is 0 Å². The molecule has 0 bridgehead atoms. The van der Waals surface area contributed by atoms with Crippen molar-refractivity contribution in [2.75, 3.05) is 25.0 Å². The first kappa shape index (κ1) is 13.2. The monoisotopic (exact) mass is 271 g/mol. The lowest BCUT2D eigenvalue weighted by molar-refractivity contribution is 0.223. The summed E-state index contributed by atoms with van der Waals surface area (Å²) in [6.07, 6.45) is 4.01. The first-order valence-corrected chi connectivity index (χ1v) is 7.39. The average molecular weight is 271 g/mol. The van der Waals surface area contributed by atoms with Crippen molar-refractivity contribution >= 4 is 17.0 Å². The first-order chi connectivity index (χ1) is 9.81. The van der Waals surface area contributed by atoms with Gasteiger partial charge < -0.3 is 10.2 Å². The van der Waals surface area contributed by atoms with Crippen LogP contribution in [-0.2, 0) is 0 Å². The standard InChI is InChI=1S/C15H21N5/c1-12(11-20-9-5-2-6-10-20)16-15-17-13-7-3-4-8-14(13)18-19-15/h3-4,7-8,12H,2,5-6,9-11H2,1H3,(H,16,17,19). The molecule has 3 rings (SSSR count). The summed E-state index contributed by atoms with van der Waals surface area (Å²) in [5.41, 5.74) is 1.72. The fourth-order valence-electron chi connectivity index (χ4n) is 2.74. The van der Waals surface area contributed by atoms with E-state index in [0.29, 0.717) is 12.0 Å². The molecule has 5 heteroatoms. The van der Waals surface area contributed by atoms with Gasteiger partial charge in [-0.05, 0) is 45.0 Å². The smallest absolute Gasteiger partial charge is 0.243 e.